The predicted octanol–water partition coefficient (Wildman–Crippen LogP) is 1.97. The molecule has 0 unspecified atom stereocenters. The van der Waals surface area contributed by atoms with Crippen LogP contribution >= 0.6 is 27.5 Å². The molecule has 0 aliphatic heterocycles. The molecule has 1 aliphatic carbocycles. The summed E-state index contributed by atoms with van der Waals surface area (Å²) in [5, 5.41) is 3.99. The number of hydrogen-bond acceptors (Lipinski definition) is 5. The maximum absolute atomic E-state index is 11.9. The van der Waals surface area contributed by atoms with Crippen molar-refractivity contribution in [1.82, 2.24) is 19.7 Å². The average molecular weight is 332 g/mol. The van der Waals surface area contributed by atoms with Crippen molar-refractivity contribution < 1.29 is 4.52 Å². The Balaban J connectivity index is 1.87. The molecule has 0 bridgehead atoms. The summed E-state index contributed by atoms with van der Waals surface area (Å²) >= 11 is 8.81. The Kier molecular flexibility index (Phi) is 2.95. The molecule has 1 saturated carbocycles. The van der Waals surface area contributed by atoms with Crippen LogP contribution in [0.15, 0.2) is 20.1 Å². The maximum atomic E-state index is 11.9. The van der Waals surface area contributed by atoms with Gasteiger partial charge < -0.3 is 4.52 Å². The van der Waals surface area contributed by atoms with Gasteiger partial charge in [-0.3, -0.25) is 9.36 Å². The molecule has 2 heterocycles. The second kappa shape index (κ2) is 4.47. The van der Waals surface area contributed by atoms with E-state index in [1.807, 2.05) is 0 Å². The average Bonchev–Trinajstić information content (AvgIpc) is 3.11. The molecule has 0 amide bonds. The van der Waals surface area contributed by atoms with Crippen molar-refractivity contribution in [2.24, 2.45) is 0 Å². The number of aromatic nitrogens is 4. The largest absolute Gasteiger partial charge is 0.339 e. The minimum atomic E-state index is -0.271. The summed E-state index contributed by atoms with van der Waals surface area (Å²) in [4.78, 5) is 20.0. The summed E-state index contributed by atoms with van der Waals surface area (Å²) < 4.78 is 6.73. The number of nitrogens with zero attached hydrogens (tertiary/aromatic N) is 4. The summed E-state index contributed by atoms with van der Waals surface area (Å²) in [6, 6.07) is 0. The van der Waals surface area contributed by atoms with E-state index in [4.69, 9.17) is 16.1 Å². The number of hydrogen-bond donors (Lipinski definition) is 0. The van der Waals surface area contributed by atoms with Crippen molar-refractivity contribution in [1.29, 1.82) is 0 Å². The van der Waals surface area contributed by atoms with Gasteiger partial charge >= 0.3 is 0 Å². The molecule has 94 valence electrons. The molecule has 0 atom stereocenters. The second-order valence-corrected chi connectivity index (χ2v) is 5.26. The highest BCUT2D eigenvalue weighted by Crippen LogP contribution is 2.38. The minimum Gasteiger partial charge on any atom is -0.339 e. The van der Waals surface area contributed by atoms with Gasteiger partial charge in [0.2, 0.25) is 5.89 Å². The summed E-state index contributed by atoms with van der Waals surface area (Å²) in [6.07, 6.45) is 3.55. The quantitative estimate of drug-likeness (QED) is 0.804. The molecule has 1 fully saturated rings. The van der Waals surface area contributed by atoms with Gasteiger partial charge in [0.25, 0.3) is 5.56 Å². The Bertz CT molecular complexity index is 650. The van der Waals surface area contributed by atoms with Gasteiger partial charge in [-0.25, -0.2) is 4.98 Å². The first kappa shape index (κ1) is 11.9. The first-order chi connectivity index (χ1) is 8.65. The van der Waals surface area contributed by atoms with Crippen LogP contribution in [0.5, 0.6) is 0 Å². The van der Waals surface area contributed by atoms with Crippen molar-refractivity contribution in [2.75, 3.05) is 0 Å². The van der Waals surface area contributed by atoms with Crippen LogP contribution in [0.25, 0.3) is 0 Å². The fourth-order valence-corrected chi connectivity index (χ4v) is 1.99. The fraction of sp³-hybridized carbons (Fsp3) is 0.400. The number of rotatable bonds is 3. The van der Waals surface area contributed by atoms with Gasteiger partial charge in [0, 0.05) is 5.92 Å². The Morgan fingerprint density at radius 3 is 3.06 bits per heavy atom. The zero-order chi connectivity index (χ0) is 12.7. The summed E-state index contributed by atoms with van der Waals surface area (Å²) in [5.74, 6) is 1.52. The van der Waals surface area contributed by atoms with Gasteiger partial charge in [0.05, 0.1) is 12.9 Å². The molecule has 0 spiro atoms. The van der Waals surface area contributed by atoms with Crippen LogP contribution in [-0.4, -0.2) is 19.7 Å². The highest BCUT2D eigenvalue weighted by atomic mass is 79.9. The van der Waals surface area contributed by atoms with Crippen molar-refractivity contribution in [3.8, 4) is 0 Å². The molecule has 0 aromatic carbocycles. The summed E-state index contributed by atoms with van der Waals surface area (Å²) in [5.41, 5.74) is -0.271. The molecule has 3 rings (SSSR count). The van der Waals surface area contributed by atoms with Crippen LogP contribution in [0.1, 0.15) is 30.5 Å². The first-order valence-corrected chi connectivity index (χ1v) is 6.55. The molecule has 2 aromatic rings. The maximum Gasteiger partial charge on any atom is 0.269 e. The normalized spacial score (nSPS) is 15.0. The van der Waals surface area contributed by atoms with Crippen molar-refractivity contribution in [3.63, 3.8) is 0 Å². The van der Waals surface area contributed by atoms with Crippen LogP contribution in [-0.2, 0) is 6.54 Å². The Labute approximate surface area is 115 Å². The highest BCUT2D eigenvalue weighted by molar-refractivity contribution is 9.10. The topological polar surface area (TPSA) is 73.8 Å². The molecule has 0 radical (unpaired) electrons. The van der Waals surface area contributed by atoms with Crippen LogP contribution in [0, 0.1) is 0 Å². The third-order valence-corrected chi connectivity index (χ3v) is 3.89. The molecular weight excluding hydrogens is 323 g/mol. The van der Waals surface area contributed by atoms with Crippen LogP contribution in [0.2, 0.25) is 5.15 Å². The molecule has 18 heavy (non-hydrogen) atoms. The molecule has 6 nitrogen and oxygen atoms in total. The Morgan fingerprint density at radius 1 is 1.56 bits per heavy atom. The minimum absolute atomic E-state index is 0.142. The van der Waals surface area contributed by atoms with E-state index in [1.54, 1.807) is 0 Å². The monoisotopic (exact) mass is 330 g/mol. The molecule has 0 N–H and O–H groups in total. The zero-order valence-electron chi connectivity index (χ0n) is 9.14. The van der Waals surface area contributed by atoms with E-state index in [0.717, 1.165) is 12.8 Å². The first-order valence-electron chi connectivity index (χ1n) is 5.38. The fourth-order valence-electron chi connectivity index (χ4n) is 1.54. The Morgan fingerprint density at radius 2 is 2.33 bits per heavy atom. The van der Waals surface area contributed by atoms with E-state index in [1.165, 1.54) is 10.9 Å². The van der Waals surface area contributed by atoms with Gasteiger partial charge in [-0.1, -0.05) is 16.8 Å². The smallest absolute Gasteiger partial charge is 0.269 e. The third-order valence-electron chi connectivity index (χ3n) is 2.66. The second-order valence-electron chi connectivity index (χ2n) is 4.11. The Hall–Kier alpha value is -1.21. The SMILES string of the molecule is O=c1c(Br)c(Cl)ncn1Cc1noc(C2CC2)n1. The highest BCUT2D eigenvalue weighted by Gasteiger charge is 2.29. The van der Waals surface area contributed by atoms with Crippen LogP contribution < -0.4 is 5.56 Å². The molecule has 2 aromatic heterocycles. The molecule has 8 heteroatoms. The standard InChI is InChI=1S/C10H8BrClN4O2/c11-7-8(12)13-4-16(10(7)17)3-6-14-9(18-15-6)5-1-2-5/h4-5H,1-3H2. The van der Waals surface area contributed by atoms with Gasteiger partial charge in [-0.15, -0.1) is 0 Å². The molecule has 1 aliphatic rings. The van der Waals surface area contributed by atoms with Crippen molar-refractivity contribution in [3.05, 3.63) is 38.0 Å². The van der Waals surface area contributed by atoms with E-state index < -0.39 is 0 Å². The molecule has 0 saturated heterocycles. The van der Waals surface area contributed by atoms with Crippen molar-refractivity contribution in [2.45, 2.75) is 25.3 Å². The zero-order valence-corrected chi connectivity index (χ0v) is 11.5. The van der Waals surface area contributed by atoms with Crippen molar-refractivity contribution >= 4 is 27.5 Å². The lowest BCUT2D eigenvalue weighted by atomic mass is 10.4. The number of halogens is 2. The van der Waals surface area contributed by atoms with Gasteiger partial charge in [0.15, 0.2) is 11.0 Å². The lowest BCUT2D eigenvalue weighted by molar-refractivity contribution is 0.372. The summed E-state index contributed by atoms with van der Waals surface area (Å²) in [6.45, 7) is 0.220. The lowest BCUT2D eigenvalue weighted by Crippen LogP contribution is -2.22. The van der Waals surface area contributed by atoms with Gasteiger partial charge in [0.1, 0.15) is 4.47 Å². The van der Waals surface area contributed by atoms with Crippen LogP contribution in [0.4, 0.5) is 0 Å². The van der Waals surface area contributed by atoms with E-state index >= 15 is 0 Å². The summed E-state index contributed by atoms with van der Waals surface area (Å²) in [7, 11) is 0. The van der Waals surface area contributed by atoms with E-state index in [2.05, 4.69) is 31.1 Å². The van der Waals surface area contributed by atoms with E-state index in [-0.39, 0.29) is 21.7 Å². The third kappa shape index (κ3) is 2.20. The van der Waals surface area contributed by atoms with E-state index in [9.17, 15) is 4.79 Å². The van der Waals surface area contributed by atoms with Gasteiger partial charge in [-0.05, 0) is 28.8 Å². The van der Waals surface area contributed by atoms with Crippen LogP contribution in [0.3, 0.4) is 0 Å². The molecular formula is C10H8BrClN4O2. The predicted molar refractivity (Wildman–Crippen MR) is 66.6 cm³/mol. The van der Waals surface area contributed by atoms with Gasteiger partial charge in [-0.2, -0.15) is 4.98 Å². The van der Waals surface area contributed by atoms with E-state index in [0.29, 0.717) is 17.6 Å². The lowest BCUT2D eigenvalue weighted by Gasteiger charge is -2.02.